The first kappa shape index (κ1) is 16.7. The molecule has 3 rings (SSSR count). The van der Waals surface area contributed by atoms with Crippen LogP contribution in [-0.4, -0.2) is 53.4 Å². The molecule has 0 radical (unpaired) electrons. The minimum atomic E-state index is -0.368. The molecular weight excluding hydrogens is 306 g/mol. The molecule has 6 nitrogen and oxygen atoms in total. The highest BCUT2D eigenvalue weighted by molar-refractivity contribution is 5.44. The van der Waals surface area contributed by atoms with Crippen LogP contribution in [0.15, 0.2) is 36.8 Å². The van der Waals surface area contributed by atoms with Gasteiger partial charge in [-0.1, -0.05) is 6.07 Å². The quantitative estimate of drug-likeness (QED) is 0.867. The summed E-state index contributed by atoms with van der Waals surface area (Å²) < 4.78 is 10.9. The second-order valence-electron chi connectivity index (χ2n) is 6.06. The van der Waals surface area contributed by atoms with Crippen LogP contribution >= 0.6 is 0 Å². The van der Waals surface area contributed by atoms with Gasteiger partial charge in [-0.2, -0.15) is 0 Å². The van der Waals surface area contributed by atoms with Crippen LogP contribution < -0.4 is 9.47 Å². The Labute approximate surface area is 142 Å². The fourth-order valence-corrected chi connectivity index (χ4v) is 3.28. The molecule has 1 aromatic carbocycles. The number of ether oxygens (including phenoxy) is 2. The lowest BCUT2D eigenvalue weighted by Gasteiger charge is -2.19. The number of rotatable bonds is 6. The van der Waals surface area contributed by atoms with E-state index in [-0.39, 0.29) is 12.0 Å². The fraction of sp³-hybridized carbons (Fsp3) is 0.444. The third-order valence-electron chi connectivity index (χ3n) is 4.48. The number of hydrogen-bond acceptors (Lipinski definition) is 6. The number of aromatic nitrogens is 2. The van der Waals surface area contributed by atoms with Gasteiger partial charge in [-0.25, -0.2) is 0 Å². The monoisotopic (exact) mass is 329 g/mol. The van der Waals surface area contributed by atoms with Crippen LogP contribution in [0.4, 0.5) is 0 Å². The van der Waals surface area contributed by atoms with E-state index >= 15 is 0 Å². The fourth-order valence-electron chi connectivity index (χ4n) is 3.28. The summed E-state index contributed by atoms with van der Waals surface area (Å²) in [4.78, 5) is 10.6. The Balaban J connectivity index is 1.69. The van der Waals surface area contributed by atoms with Crippen LogP contribution in [-0.2, 0) is 13.0 Å². The molecule has 2 atom stereocenters. The molecule has 1 aliphatic rings. The lowest BCUT2D eigenvalue weighted by molar-refractivity contribution is 0.140. The zero-order chi connectivity index (χ0) is 16.9. The summed E-state index contributed by atoms with van der Waals surface area (Å²) in [5.41, 5.74) is 1.92. The third kappa shape index (κ3) is 3.66. The van der Waals surface area contributed by atoms with Crippen LogP contribution in [0, 0.1) is 5.92 Å². The number of methoxy groups -OCH3 is 2. The predicted octanol–water partition coefficient (Wildman–Crippen LogP) is 1.53. The summed E-state index contributed by atoms with van der Waals surface area (Å²) in [5, 5.41) is 10.4. The summed E-state index contributed by atoms with van der Waals surface area (Å²) in [5.74, 6) is 1.77. The van der Waals surface area contributed by atoms with Crippen LogP contribution in [0.2, 0.25) is 0 Å². The van der Waals surface area contributed by atoms with Crippen molar-refractivity contribution in [1.82, 2.24) is 14.9 Å². The van der Waals surface area contributed by atoms with E-state index in [1.807, 2.05) is 18.2 Å². The summed E-state index contributed by atoms with van der Waals surface area (Å²) >= 11 is 0. The number of likely N-dealkylation sites (tertiary alicyclic amines) is 1. The molecule has 1 saturated heterocycles. The molecule has 0 spiro atoms. The van der Waals surface area contributed by atoms with Gasteiger partial charge in [0, 0.05) is 44.1 Å². The Morgan fingerprint density at radius 2 is 1.92 bits per heavy atom. The van der Waals surface area contributed by atoms with E-state index in [9.17, 15) is 5.11 Å². The highest BCUT2D eigenvalue weighted by Gasteiger charge is 2.32. The lowest BCUT2D eigenvalue weighted by Crippen LogP contribution is -2.22. The molecule has 0 aliphatic carbocycles. The molecule has 0 saturated carbocycles. The van der Waals surface area contributed by atoms with Crippen molar-refractivity contribution in [3.8, 4) is 11.5 Å². The maximum absolute atomic E-state index is 10.4. The minimum absolute atomic E-state index is 0.155. The zero-order valence-corrected chi connectivity index (χ0v) is 14.1. The van der Waals surface area contributed by atoms with E-state index in [0.717, 1.165) is 35.7 Å². The van der Waals surface area contributed by atoms with Gasteiger partial charge in [0.1, 0.15) is 11.5 Å². The maximum atomic E-state index is 10.4. The van der Waals surface area contributed by atoms with Crippen molar-refractivity contribution in [3.63, 3.8) is 0 Å². The van der Waals surface area contributed by atoms with Gasteiger partial charge in [0.15, 0.2) is 0 Å². The summed E-state index contributed by atoms with van der Waals surface area (Å²) in [6.45, 7) is 2.12. The van der Waals surface area contributed by atoms with Crippen molar-refractivity contribution < 1.29 is 14.6 Å². The van der Waals surface area contributed by atoms with Gasteiger partial charge in [-0.3, -0.25) is 14.9 Å². The highest BCUT2D eigenvalue weighted by atomic mass is 16.5. The third-order valence-corrected chi connectivity index (χ3v) is 4.48. The lowest BCUT2D eigenvalue weighted by atomic mass is 10.0. The van der Waals surface area contributed by atoms with Gasteiger partial charge in [0.2, 0.25) is 0 Å². The van der Waals surface area contributed by atoms with E-state index in [4.69, 9.17) is 9.47 Å². The van der Waals surface area contributed by atoms with Crippen LogP contribution in [0.5, 0.6) is 11.5 Å². The number of nitrogens with zero attached hydrogens (tertiary/aromatic N) is 3. The predicted molar refractivity (Wildman–Crippen MR) is 90.1 cm³/mol. The normalized spacial score (nSPS) is 21.0. The first-order valence-corrected chi connectivity index (χ1v) is 8.06. The first-order valence-electron chi connectivity index (χ1n) is 8.06. The Bertz CT molecular complexity index is 644. The smallest absolute Gasteiger partial charge is 0.127 e. The SMILES string of the molecule is COc1cccc(OC)c1CN1CC(O)C(Cc2cnccn2)C1. The van der Waals surface area contributed by atoms with E-state index in [1.165, 1.54) is 0 Å². The molecule has 2 heterocycles. The van der Waals surface area contributed by atoms with Gasteiger partial charge in [0.05, 0.1) is 31.6 Å². The minimum Gasteiger partial charge on any atom is -0.496 e. The molecule has 128 valence electrons. The number of aliphatic hydroxyl groups is 1. The van der Waals surface area contributed by atoms with Crippen molar-refractivity contribution >= 4 is 0 Å². The summed E-state index contributed by atoms with van der Waals surface area (Å²) in [6.07, 6.45) is 5.48. The number of hydrogen-bond donors (Lipinski definition) is 1. The van der Waals surface area contributed by atoms with Crippen molar-refractivity contribution in [1.29, 1.82) is 0 Å². The molecule has 0 amide bonds. The first-order chi connectivity index (χ1) is 11.7. The Morgan fingerprint density at radius 3 is 2.54 bits per heavy atom. The average Bonchev–Trinajstić information content (AvgIpc) is 2.95. The second kappa shape index (κ2) is 7.59. The number of β-amino-alcohol motifs (C(OH)–C–C–N with tert-alkyl or cyclic N) is 1. The molecule has 24 heavy (non-hydrogen) atoms. The molecule has 2 aromatic rings. The molecular formula is C18H23N3O3. The van der Waals surface area contributed by atoms with Gasteiger partial charge in [0.25, 0.3) is 0 Å². The number of aliphatic hydroxyl groups excluding tert-OH is 1. The van der Waals surface area contributed by atoms with Crippen molar-refractivity contribution in [2.24, 2.45) is 5.92 Å². The largest absolute Gasteiger partial charge is 0.496 e. The Morgan fingerprint density at radius 1 is 1.17 bits per heavy atom. The molecule has 0 bridgehead atoms. The Kier molecular flexibility index (Phi) is 5.27. The van der Waals surface area contributed by atoms with E-state index in [0.29, 0.717) is 13.1 Å². The van der Waals surface area contributed by atoms with Crippen LogP contribution in [0.3, 0.4) is 0 Å². The van der Waals surface area contributed by atoms with Crippen LogP contribution in [0.25, 0.3) is 0 Å². The van der Waals surface area contributed by atoms with E-state index in [1.54, 1.807) is 32.8 Å². The summed E-state index contributed by atoms with van der Waals surface area (Å²) in [7, 11) is 3.32. The molecule has 2 unspecified atom stereocenters. The molecule has 1 fully saturated rings. The van der Waals surface area contributed by atoms with Crippen LogP contribution in [0.1, 0.15) is 11.3 Å². The average molecular weight is 329 g/mol. The van der Waals surface area contributed by atoms with Crippen molar-refractivity contribution in [2.45, 2.75) is 19.1 Å². The topological polar surface area (TPSA) is 67.7 Å². The number of benzene rings is 1. The van der Waals surface area contributed by atoms with Crippen molar-refractivity contribution in [2.75, 3.05) is 27.3 Å². The zero-order valence-electron chi connectivity index (χ0n) is 14.1. The second-order valence-corrected chi connectivity index (χ2v) is 6.06. The van der Waals surface area contributed by atoms with E-state index < -0.39 is 0 Å². The molecule has 1 aromatic heterocycles. The van der Waals surface area contributed by atoms with Gasteiger partial charge in [-0.05, 0) is 18.6 Å². The Hall–Kier alpha value is -2.18. The highest BCUT2D eigenvalue weighted by Crippen LogP contribution is 2.31. The molecule has 1 aliphatic heterocycles. The maximum Gasteiger partial charge on any atom is 0.127 e. The van der Waals surface area contributed by atoms with Gasteiger partial charge >= 0.3 is 0 Å². The van der Waals surface area contributed by atoms with Gasteiger partial charge < -0.3 is 14.6 Å². The standard InChI is InChI=1S/C18H23N3O3/c1-23-17-4-3-5-18(24-2)15(17)11-21-10-13(16(22)12-21)8-14-9-19-6-7-20-14/h3-7,9,13,16,22H,8,10-12H2,1-2H3. The van der Waals surface area contributed by atoms with Gasteiger partial charge in [-0.15, -0.1) is 0 Å². The summed E-state index contributed by atoms with van der Waals surface area (Å²) in [6, 6.07) is 5.78. The van der Waals surface area contributed by atoms with E-state index in [2.05, 4.69) is 14.9 Å². The van der Waals surface area contributed by atoms with Crippen molar-refractivity contribution in [3.05, 3.63) is 48.0 Å². The molecule has 6 heteroatoms. The molecule has 1 N–H and O–H groups in total.